The second-order valence-electron chi connectivity index (χ2n) is 6.31. The van der Waals surface area contributed by atoms with Gasteiger partial charge in [0.15, 0.2) is 5.76 Å². The summed E-state index contributed by atoms with van der Waals surface area (Å²) in [6.45, 7) is 0.657. The number of thioether (sulfide) groups is 1. The second-order valence-corrected chi connectivity index (χ2v) is 7.82. The molecule has 1 fully saturated rings. The predicted molar refractivity (Wildman–Crippen MR) is 108 cm³/mol. The molecule has 0 atom stereocenters. The highest BCUT2D eigenvalue weighted by molar-refractivity contribution is 7.99. The molecular formula is C21H14ClFN2O2S. The van der Waals surface area contributed by atoms with Crippen molar-refractivity contribution >= 4 is 29.3 Å². The maximum Gasteiger partial charge on any atom is 0.290 e. The van der Waals surface area contributed by atoms with Gasteiger partial charge in [0.1, 0.15) is 11.6 Å². The lowest BCUT2D eigenvalue weighted by Crippen LogP contribution is -2.27. The van der Waals surface area contributed by atoms with Crippen LogP contribution in [-0.2, 0) is 0 Å². The molecule has 3 aromatic rings. The minimum Gasteiger partial charge on any atom is -0.450 e. The fourth-order valence-corrected chi connectivity index (χ4v) is 4.26. The highest BCUT2D eigenvalue weighted by atomic mass is 35.5. The van der Waals surface area contributed by atoms with Crippen LogP contribution in [0, 0.1) is 17.1 Å². The Hall–Kier alpha value is -2.75. The van der Waals surface area contributed by atoms with Gasteiger partial charge in [-0.05, 0) is 42.0 Å². The van der Waals surface area contributed by atoms with Gasteiger partial charge in [-0.15, -0.1) is 11.8 Å². The Bertz CT molecular complexity index is 1080. The van der Waals surface area contributed by atoms with E-state index < -0.39 is 5.82 Å². The van der Waals surface area contributed by atoms with Crippen LogP contribution in [-0.4, -0.2) is 29.0 Å². The first-order valence-corrected chi connectivity index (χ1v) is 10.1. The summed E-state index contributed by atoms with van der Waals surface area (Å²) in [5.41, 5.74) is 2.14. The number of carbonyl (C=O) groups is 1. The van der Waals surface area contributed by atoms with E-state index in [1.54, 1.807) is 53.1 Å². The minimum atomic E-state index is -0.482. The average Bonchev–Trinajstić information content (AvgIpc) is 3.37. The third-order valence-electron chi connectivity index (χ3n) is 4.41. The number of amides is 1. The number of nitriles is 1. The number of benzene rings is 2. The fourth-order valence-electron chi connectivity index (χ4n) is 3.09. The van der Waals surface area contributed by atoms with Crippen molar-refractivity contribution in [2.45, 2.75) is 0 Å². The smallest absolute Gasteiger partial charge is 0.290 e. The van der Waals surface area contributed by atoms with E-state index in [1.807, 2.05) is 0 Å². The second kappa shape index (κ2) is 7.70. The molecule has 1 aliphatic heterocycles. The number of rotatable bonds is 3. The molecule has 1 aromatic heterocycles. The van der Waals surface area contributed by atoms with Crippen molar-refractivity contribution in [1.29, 1.82) is 5.26 Å². The van der Waals surface area contributed by atoms with Crippen LogP contribution in [0.4, 0.5) is 4.39 Å². The van der Waals surface area contributed by atoms with Crippen LogP contribution >= 0.6 is 23.4 Å². The third-order valence-corrected chi connectivity index (χ3v) is 5.59. The van der Waals surface area contributed by atoms with E-state index >= 15 is 0 Å². The number of hydrogen-bond donors (Lipinski definition) is 0. The van der Waals surface area contributed by atoms with Gasteiger partial charge in [-0.2, -0.15) is 5.26 Å². The molecule has 140 valence electrons. The number of furan rings is 1. The highest BCUT2D eigenvalue weighted by Gasteiger charge is 2.26. The van der Waals surface area contributed by atoms with Gasteiger partial charge in [0.2, 0.25) is 0 Å². The molecule has 0 spiro atoms. The molecule has 0 unspecified atom stereocenters. The monoisotopic (exact) mass is 412 g/mol. The molecule has 0 N–H and O–H groups in total. The Labute approximate surface area is 170 Å². The maximum atomic E-state index is 13.9. The summed E-state index contributed by atoms with van der Waals surface area (Å²) >= 11 is 7.71. The first kappa shape index (κ1) is 18.6. The van der Waals surface area contributed by atoms with E-state index in [9.17, 15) is 14.4 Å². The predicted octanol–water partition coefficient (Wildman–Crippen LogP) is 5.42. The van der Waals surface area contributed by atoms with Crippen LogP contribution in [0.5, 0.6) is 0 Å². The third kappa shape index (κ3) is 3.64. The van der Waals surface area contributed by atoms with Crippen LogP contribution in [0.2, 0.25) is 5.02 Å². The Kier molecular flexibility index (Phi) is 5.12. The van der Waals surface area contributed by atoms with E-state index in [0.29, 0.717) is 40.4 Å². The fraction of sp³-hybridized carbons (Fsp3) is 0.143. The van der Waals surface area contributed by atoms with Gasteiger partial charge >= 0.3 is 0 Å². The van der Waals surface area contributed by atoms with E-state index in [-0.39, 0.29) is 16.7 Å². The van der Waals surface area contributed by atoms with Gasteiger partial charge in [0, 0.05) is 28.4 Å². The molecule has 0 saturated carbocycles. The summed E-state index contributed by atoms with van der Waals surface area (Å²) in [6, 6.07) is 14.7. The zero-order valence-corrected chi connectivity index (χ0v) is 16.2. The molecule has 2 heterocycles. The molecule has 1 saturated heterocycles. The first-order valence-electron chi connectivity index (χ1n) is 8.53. The SMILES string of the molecule is N#Cc1cccc(-c2oc(C(=O)N3CCSC3)cc2-c2cc(F)cc(Cl)c2)c1. The van der Waals surface area contributed by atoms with Gasteiger partial charge in [-0.1, -0.05) is 23.7 Å². The lowest BCUT2D eigenvalue weighted by Gasteiger charge is -2.11. The van der Waals surface area contributed by atoms with Gasteiger partial charge in [0.05, 0.1) is 17.5 Å². The van der Waals surface area contributed by atoms with E-state index in [1.165, 1.54) is 12.1 Å². The van der Waals surface area contributed by atoms with Gasteiger partial charge in [-0.3, -0.25) is 4.79 Å². The van der Waals surface area contributed by atoms with Crippen molar-refractivity contribution < 1.29 is 13.6 Å². The summed E-state index contributed by atoms with van der Waals surface area (Å²) in [7, 11) is 0. The summed E-state index contributed by atoms with van der Waals surface area (Å²) < 4.78 is 19.9. The molecule has 7 heteroatoms. The molecule has 4 nitrogen and oxygen atoms in total. The summed E-state index contributed by atoms with van der Waals surface area (Å²) in [4.78, 5) is 14.5. The van der Waals surface area contributed by atoms with E-state index in [0.717, 1.165) is 5.75 Å². The number of hydrogen-bond acceptors (Lipinski definition) is 4. The van der Waals surface area contributed by atoms with Crippen LogP contribution in [0.1, 0.15) is 16.1 Å². The van der Waals surface area contributed by atoms with Crippen molar-refractivity contribution in [2.75, 3.05) is 18.2 Å². The van der Waals surface area contributed by atoms with Crippen LogP contribution in [0.15, 0.2) is 52.9 Å². The van der Waals surface area contributed by atoms with Crippen molar-refractivity contribution in [2.24, 2.45) is 0 Å². The van der Waals surface area contributed by atoms with Crippen molar-refractivity contribution in [1.82, 2.24) is 4.90 Å². The minimum absolute atomic E-state index is 0.176. The topological polar surface area (TPSA) is 57.2 Å². The zero-order valence-electron chi connectivity index (χ0n) is 14.6. The number of nitrogens with zero attached hydrogens (tertiary/aromatic N) is 2. The molecule has 28 heavy (non-hydrogen) atoms. The number of carbonyl (C=O) groups excluding carboxylic acids is 1. The molecule has 0 radical (unpaired) electrons. The molecule has 4 rings (SSSR count). The number of halogens is 2. The first-order chi connectivity index (χ1) is 13.5. The Morgan fingerprint density at radius 1 is 1.21 bits per heavy atom. The average molecular weight is 413 g/mol. The van der Waals surface area contributed by atoms with Crippen molar-refractivity contribution in [3.05, 3.63) is 70.7 Å². The van der Waals surface area contributed by atoms with E-state index in [4.69, 9.17) is 16.0 Å². The van der Waals surface area contributed by atoms with Crippen LogP contribution < -0.4 is 0 Å². The summed E-state index contributed by atoms with van der Waals surface area (Å²) in [5.74, 6) is 1.38. The quantitative estimate of drug-likeness (QED) is 0.576. The standard InChI is InChI=1S/C21H14ClFN2O2S/c22-16-7-15(8-17(23)9-16)18-10-19(21(26)25-4-5-28-12-25)27-20(18)14-3-1-2-13(6-14)11-24/h1-3,6-10H,4-5,12H2. The van der Waals surface area contributed by atoms with Crippen molar-refractivity contribution in [3.63, 3.8) is 0 Å². The van der Waals surface area contributed by atoms with Crippen molar-refractivity contribution in [3.8, 4) is 28.5 Å². The highest BCUT2D eigenvalue weighted by Crippen LogP contribution is 2.37. The van der Waals surface area contributed by atoms with E-state index in [2.05, 4.69) is 6.07 Å². The Morgan fingerprint density at radius 2 is 2.07 bits per heavy atom. The maximum absolute atomic E-state index is 13.9. The molecule has 1 amide bonds. The largest absolute Gasteiger partial charge is 0.450 e. The lowest BCUT2D eigenvalue weighted by atomic mass is 10.0. The molecule has 1 aliphatic rings. The zero-order chi connectivity index (χ0) is 19.7. The molecular weight excluding hydrogens is 399 g/mol. The molecule has 2 aromatic carbocycles. The van der Waals surface area contributed by atoms with Gasteiger partial charge in [0.25, 0.3) is 5.91 Å². The summed E-state index contributed by atoms with van der Waals surface area (Å²) in [5, 5.41) is 9.44. The lowest BCUT2D eigenvalue weighted by molar-refractivity contribution is 0.0772. The van der Waals surface area contributed by atoms with Crippen LogP contribution in [0.25, 0.3) is 22.5 Å². The molecule has 0 bridgehead atoms. The normalized spacial score (nSPS) is 13.5. The molecule has 0 aliphatic carbocycles. The summed E-state index contributed by atoms with van der Waals surface area (Å²) in [6.07, 6.45) is 0. The van der Waals surface area contributed by atoms with Gasteiger partial charge in [-0.25, -0.2) is 4.39 Å². The Balaban J connectivity index is 1.87. The Morgan fingerprint density at radius 3 is 2.79 bits per heavy atom. The van der Waals surface area contributed by atoms with Crippen LogP contribution in [0.3, 0.4) is 0 Å². The van der Waals surface area contributed by atoms with Gasteiger partial charge < -0.3 is 9.32 Å².